The van der Waals surface area contributed by atoms with Crippen LogP contribution in [-0.4, -0.2) is 24.4 Å². The highest BCUT2D eigenvalue weighted by atomic mass is 16.7. The third kappa shape index (κ3) is 3.23. The van der Waals surface area contributed by atoms with E-state index in [0.717, 1.165) is 33.9 Å². The molecule has 0 bridgehead atoms. The summed E-state index contributed by atoms with van der Waals surface area (Å²) >= 11 is 0. The fourth-order valence-corrected chi connectivity index (χ4v) is 2.84. The predicted octanol–water partition coefficient (Wildman–Crippen LogP) is 2.83. The lowest BCUT2D eigenvalue weighted by atomic mass is 10.1. The number of benzene rings is 1. The Labute approximate surface area is 141 Å². The maximum Gasteiger partial charge on any atom is 0.355 e. The number of rotatable bonds is 6. The van der Waals surface area contributed by atoms with Crippen molar-refractivity contribution >= 4 is 5.97 Å². The molecule has 0 saturated heterocycles. The molecule has 0 aliphatic carbocycles. The number of carbonyl (C=O) groups is 1. The minimum Gasteiger partial charge on any atom is -0.461 e. The number of aromatic nitrogens is 1. The van der Waals surface area contributed by atoms with Crippen molar-refractivity contribution in [3.05, 3.63) is 46.3 Å². The van der Waals surface area contributed by atoms with E-state index in [4.69, 9.17) is 14.2 Å². The average Bonchev–Trinajstić information content (AvgIpc) is 3.13. The van der Waals surface area contributed by atoms with Crippen molar-refractivity contribution in [3.8, 4) is 11.5 Å². The number of H-pyrrole nitrogens is 1. The lowest BCUT2D eigenvalue weighted by molar-refractivity contribution is 0.0519. The Morgan fingerprint density at radius 2 is 2.04 bits per heavy atom. The smallest absolute Gasteiger partial charge is 0.355 e. The van der Waals surface area contributed by atoms with Crippen LogP contribution in [0.15, 0.2) is 18.2 Å². The van der Waals surface area contributed by atoms with Crippen LogP contribution in [0.5, 0.6) is 11.5 Å². The molecule has 0 spiro atoms. The summed E-state index contributed by atoms with van der Waals surface area (Å²) in [5.41, 5.74) is 4.67. The highest BCUT2D eigenvalue weighted by Gasteiger charge is 2.18. The van der Waals surface area contributed by atoms with Crippen LogP contribution in [0.4, 0.5) is 0 Å². The topological polar surface area (TPSA) is 72.6 Å². The molecule has 24 heavy (non-hydrogen) atoms. The largest absolute Gasteiger partial charge is 0.461 e. The number of carbonyl (C=O) groups excluding carboxylic acids is 1. The minimum absolute atomic E-state index is 0.282. The Kier molecular flexibility index (Phi) is 4.76. The number of ether oxygens (including phenoxy) is 3. The minimum atomic E-state index is -0.305. The van der Waals surface area contributed by atoms with Gasteiger partial charge in [-0.05, 0) is 49.6 Å². The predicted molar refractivity (Wildman–Crippen MR) is 89.3 cm³/mol. The lowest BCUT2D eigenvalue weighted by Crippen LogP contribution is -2.14. The Balaban J connectivity index is 1.63. The second kappa shape index (κ2) is 6.97. The number of aryl methyl sites for hydroxylation is 1. The van der Waals surface area contributed by atoms with Crippen molar-refractivity contribution in [2.24, 2.45) is 0 Å². The Hall–Kier alpha value is -2.47. The first kappa shape index (κ1) is 16.4. The number of esters is 1. The van der Waals surface area contributed by atoms with Crippen LogP contribution in [-0.2, 0) is 17.8 Å². The molecule has 1 aromatic carbocycles. The first-order valence-corrected chi connectivity index (χ1v) is 8.04. The Morgan fingerprint density at radius 1 is 1.25 bits per heavy atom. The molecular weight excluding hydrogens is 308 g/mol. The van der Waals surface area contributed by atoms with Crippen LogP contribution in [0.3, 0.4) is 0 Å². The van der Waals surface area contributed by atoms with Crippen molar-refractivity contribution in [1.82, 2.24) is 10.3 Å². The molecule has 6 heteroatoms. The van der Waals surface area contributed by atoms with Crippen molar-refractivity contribution in [1.29, 1.82) is 0 Å². The summed E-state index contributed by atoms with van der Waals surface area (Å²) in [6.45, 7) is 7.73. The van der Waals surface area contributed by atoms with Gasteiger partial charge in [0.15, 0.2) is 11.5 Å². The first-order chi connectivity index (χ1) is 11.6. The Morgan fingerprint density at radius 3 is 2.83 bits per heavy atom. The van der Waals surface area contributed by atoms with Crippen molar-refractivity contribution in [2.45, 2.75) is 33.9 Å². The van der Waals surface area contributed by atoms with E-state index in [-0.39, 0.29) is 12.8 Å². The van der Waals surface area contributed by atoms with E-state index in [1.807, 2.05) is 32.0 Å². The second-order valence-corrected chi connectivity index (χ2v) is 5.74. The molecule has 1 aliphatic heterocycles. The normalized spacial score (nSPS) is 12.5. The van der Waals surface area contributed by atoms with Gasteiger partial charge >= 0.3 is 5.97 Å². The van der Waals surface area contributed by atoms with Crippen LogP contribution >= 0.6 is 0 Å². The summed E-state index contributed by atoms with van der Waals surface area (Å²) in [6, 6.07) is 5.92. The van der Waals surface area contributed by atoms with Crippen molar-refractivity contribution in [2.75, 3.05) is 13.4 Å². The van der Waals surface area contributed by atoms with Crippen LogP contribution in [0.25, 0.3) is 0 Å². The summed E-state index contributed by atoms with van der Waals surface area (Å²) in [6.07, 6.45) is 0. The lowest BCUT2D eigenvalue weighted by Gasteiger charge is -2.07. The van der Waals surface area contributed by atoms with Crippen LogP contribution in [0.1, 0.15) is 39.8 Å². The van der Waals surface area contributed by atoms with E-state index in [9.17, 15) is 4.79 Å². The number of hydrogen-bond donors (Lipinski definition) is 2. The number of nitrogens with one attached hydrogen (secondary N) is 2. The molecule has 1 aliphatic rings. The molecule has 0 radical (unpaired) electrons. The zero-order valence-electron chi connectivity index (χ0n) is 14.2. The zero-order chi connectivity index (χ0) is 17.1. The van der Waals surface area contributed by atoms with E-state index < -0.39 is 0 Å². The zero-order valence-corrected chi connectivity index (χ0v) is 14.2. The molecule has 1 aromatic heterocycles. The molecule has 2 N–H and O–H groups in total. The third-order valence-electron chi connectivity index (χ3n) is 4.14. The number of fused-ring (bicyclic) bond motifs is 1. The highest BCUT2D eigenvalue weighted by Crippen LogP contribution is 2.32. The van der Waals surface area contributed by atoms with Gasteiger partial charge in [-0.15, -0.1) is 0 Å². The second-order valence-electron chi connectivity index (χ2n) is 5.74. The number of aromatic amines is 1. The van der Waals surface area contributed by atoms with Crippen LogP contribution in [0, 0.1) is 13.8 Å². The van der Waals surface area contributed by atoms with Crippen molar-refractivity contribution in [3.63, 3.8) is 0 Å². The van der Waals surface area contributed by atoms with E-state index in [2.05, 4.69) is 10.3 Å². The maximum atomic E-state index is 11.9. The fourth-order valence-electron chi connectivity index (χ4n) is 2.84. The van der Waals surface area contributed by atoms with E-state index >= 15 is 0 Å². The third-order valence-corrected chi connectivity index (χ3v) is 4.14. The molecule has 6 nitrogen and oxygen atoms in total. The number of hydrogen-bond acceptors (Lipinski definition) is 5. The molecule has 0 saturated carbocycles. The quantitative estimate of drug-likeness (QED) is 0.797. The van der Waals surface area contributed by atoms with Gasteiger partial charge in [0.25, 0.3) is 0 Å². The van der Waals surface area contributed by atoms with Crippen LogP contribution in [0.2, 0.25) is 0 Å². The van der Waals surface area contributed by atoms with Crippen LogP contribution < -0.4 is 14.8 Å². The van der Waals surface area contributed by atoms with Gasteiger partial charge in [-0.3, -0.25) is 0 Å². The summed E-state index contributed by atoms with van der Waals surface area (Å²) < 4.78 is 15.8. The van der Waals surface area contributed by atoms with Gasteiger partial charge in [0.2, 0.25) is 6.79 Å². The van der Waals surface area contributed by atoms with Gasteiger partial charge in [-0.25, -0.2) is 4.79 Å². The Bertz CT molecular complexity index is 752. The summed E-state index contributed by atoms with van der Waals surface area (Å²) in [7, 11) is 0. The maximum absolute atomic E-state index is 11.9. The molecule has 0 fully saturated rings. The molecule has 2 heterocycles. The van der Waals surface area contributed by atoms with E-state index in [1.165, 1.54) is 0 Å². The molecule has 3 rings (SSSR count). The van der Waals surface area contributed by atoms with Gasteiger partial charge in [0, 0.05) is 18.8 Å². The summed E-state index contributed by atoms with van der Waals surface area (Å²) in [5, 5.41) is 3.41. The molecule has 0 amide bonds. The van der Waals surface area contributed by atoms with Crippen molar-refractivity contribution < 1.29 is 19.0 Å². The average molecular weight is 330 g/mol. The molecule has 0 atom stereocenters. The van der Waals surface area contributed by atoms with Gasteiger partial charge in [-0.2, -0.15) is 0 Å². The van der Waals surface area contributed by atoms with Gasteiger partial charge in [0.1, 0.15) is 5.69 Å². The van der Waals surface area contributed by atoms with E-state index in [1.54, 1.807) is 6.92 Å². The highest BCUT2D eigenvalue weighted by molar-refractivity contribution is 5.89. The van der Waals surface area contributed by atoms with Gasteiger partial charge in [0.05, 0.1) is 6.61 Å². The van der Waals surface area contributed by atoms with Gasteiger partial charge < -0.3 is 24.5 Å². The standard InChI is InChI=1S/C18H22N2O4/c1-4-22-18(21)17-11(2)14(12(3)20-17)9-19-8-13-5-6-15-16(7-13)24-10-23-15/h5-7,19-20H,4,8-10H2,1-3H3. The summed E-state index contributed by atoms with van der Waals surface area (Å²) in [4.78, 5) is 15.1. The SMILES string of the molecule is CCOC(=O)c1[nH]c(C)c(CNCc2ccc3c(c2)OCO3)c1C. The first-order valence-electron chi connectivity index (χ1n) is 8.04. The van der Waals surface area contributed by atoms with Gasteiger partial charge in [-0.1, -0.05) is 6.07 Å². The van der Waals surface area contributed by atoms with E-state index in [0.29, 0.717) is 25.4 Å². The summed E-state index contributed by atoms with van der Waals surface area (Å²) in [5.74, 6) is 1.27. The monoisotopic (exact) mass is 330 g/mol. The molecule has 0 unspecified atom stereocenters. The molecular formula is C18H22N2O4. The fraction of sp³-hybridized carbons (Fsp3) is 0.389. The molecule has 2 aromatic rings. The molecule has 128 valence electrons.